The highest BCUT2D eigenvalue weighted by Gasteiger charge is 2.28. The molecule has 0 saturated carbocycles. The lowest BCUT2D eigenvalue weighted by atomic mass is 10.2. The Kier molecular flexibility index (Phi) is 4.73. The van der Waals surface area contributed by atoms with Crippen LogP contribution in [0.15, 0.2) is 6.20 Å². The highest BCUT2D eigenvalue weighted by Crippen LogP contribution is 2.19. The van der Waals surface area contributed by atoms with Gasteiger partial charge in [0.25, 0.3) is 0 Å². The number of hydrogen-bond acceptors (Lipinski definition) is 5. The molecule has 0 atom stereocenters. The molecule has 0 aliphatic carbocycles. The predicted octanol–water partition coefficient (Wildman–Crippen LogP) is 2.20. The average molecular weight is 309 g/mol. The van der Waals surface area contributed by atoms with Crippen molar-refractivity contribution in [2.75, 3.05) is 13.2 Å². The lowest BCUT2D eigenvalue weighted by Gasteiger charge is -2.26. The first kappa shape index (κ1) is 16.3. The number of esters is 1. The van der Waals surface area contributed by atoms with E-state index in [2.05, 4.69) is 5.10 Å². The topological polar surface area (TPSA) is 73.7 Å². The van der Waals surface area contributed by atoms with E-state index in [1.165, 1.54) is 6.20 Å². The molecule has 0 radical (unpaired) electrons. The van der Waals surface area contributed by atoms with Crippen LogP contribution in [-0.4, -0.2) is 45.5 Å². The summed E-state index contributed by atoms with van der Waals surface area (Å²) in [5.74, 6) is -0.408. The Hall–Kier alpha value is -2.05. The fourth-order valence-electron chi connectivity index (χ4n) is 2.30. The number of aryl methyl sites for hydroxylation is 1. The van der Waals surface area contributed by atoms with Crippen molar-refractivity contribution >= 4 is 12.1 Å². The van der Waals surface area contributed by atoms with Gasteiger partial charge in [-0.1, -0.05) is 0 Å². The van der Waals surface area contributed by atoms with E-state index in [1.807, 2.05) is 20.8 Å². The fourth-order valence-corrected chi connectivity index (χ4v) is 2.30. The summed E-state index contributed by atoms with van der Waals surface area (Å²) >= 11 is 0. The summed E-state index contributed by atoms with van der Waals surface area (Å²) in [6, 6.07) is 0. The van der Waals surface area contributed by atoms with Crippen LogP contribution in [0.2, 0.25) is 0 Å². The molecule has 122 valence electrons. The smallest absolute Gasteiger partial charge is 0.410 e. The molecule has 22 heavy (non-hydrogen) atoms. The maximum atomic E-state index is 12.3. The van der Waals surface area contributed by atoms with E-state index < -0.39 is 11.6 Å². The Balaban J connectivity index is 2.20. The van der Waals surface area contributed by atoms with Crippen molar-refractivity contribution in [3.05, 3.63) is 17.5 Å². The largest absolute Gasteiger partial charge is 0.462 e. The van der Waals surface area contributed by atoms with Gasteiger partial charge in [-0.3, -0.25) is 4.68 Å². The third kappa shape index (κ3) is 3.78. The van der Waals surface area contributed by atoms with Gasteiger partial charge in [-0.2, -0.15) is 5.10 Å². The maximum absolute atomic E-state index is 12.3. The van der Waals surface area contributed by atoms with Gasteiger partial charge in [0.15, 0.2) is 0 Å². The van der Waals surface area contributed by atoms with Crippen LogP contribution in [0.25, 0.3) is 0 Å². The molecule has 7 nitrogen and oxygen atoms in total. The summed E-state index contributed by atoms with van der Waals surface area (Å²) in [7, 11) is 0. The maximum Gasteiger partial charge on any atom is 0.410 e. The Morgan fingerprint density at radius 1 is 1.32 bits per heavy atom. The summed E-state index contributed by atoms with van der Waals surface area (Å²) in [6.45, 7) is 9.08. The molecule has 2 rings (SSSR count). The first-order valence-electron chi connectivity index (χ1n) is 7.51. The van der Waals surface area contributed by atoms with Crippen LogP contribution in [0.4, 0.5) is 4.79 Å². The molecule has 0 fully saturated rings. The Labute approximate surface area is 130 Å². The molecule has 1 aliphatic rings. The average Bonchev–Trinajstić information content (AvgIpc) is 2.67. The van der Waals surface area contributed by atoms with Crippen molar-refractivity contribution in [2.24, 2.45) is 0 Å². The van der Waals surface area contributed by atoms with Crippen molar-refractivity contribution in [1.29, 1.82) is 0 Å². The normalized spacial score (nSPS) is 15.0. The lowest BCUT2D eigenvalue weighted by molar-refractivity contribution is 0.0233. The van der Waals surface area contributed by atoms with Crippen molar-refractivity contribution in [1.82, 2.24) is 14.7 Å². The third-order valence-electron chi connectivity index (χ3n) is 3.23. The minimum atomic E-state index is -0.548. The lowest BCUT2D eigenvalue weighted by Crippen LogP contribution is -2.36. The van der Waals surface area contributed by atoms with Gasteiger partial charge in [0.2, 0.25) is 0 Å². The minimum Gasteiger partial charge on any atom is -0.462 e. The molecule has 0 aromatic carbocycles. The van der Waals surface area contributed by atoms with Gasteiger partial charge in [0.1, 0.15) is 11.2 Å². The molecule has 2 heterocycles. The third-order valence-corrected chi connectivity index (χ3v) is 3.23. The number of aromatic nitrogens is 2. The van der Waals surface area contributed by atoms with E-state index in [4.69, 9.17) is 9.47 Å². The monoisotopic (exact) mass is 309 g/mol. The zero-order valence-electron chi connectivity index (χ0n) is 13.6. The quantitative estimate of drug-likeness (QED) is 0.783. The summed E-state index contributed by atoms with van der Waals surface area (Å²) < 4.78 is 12.2. The van der Waals surface area contributed by atoms with E-state index in [0.29, 0.717) is 37.5 Å². The van der Waals surface area contributed by atoms with Gasteiger partial charge in [0, 0.05) is 13.1 Å². The second-order valence-corrected chi connectivity index (χ2v) is 6.20. The first-order valence-corrected chi connectivity index (χ1v) is 7.51. The van der Waals surface area contributed by atoms with Crippen molar-refractivity contribution in [3.8, 4) is 0 Å². The SMILES string of the molecule is CCOC(=O)c1cnn2c1CN(C(=O)OC(C)(C)C)CCC2. The molecule has 1 aliphatic heterocycles. The molecule has 1 aromatic heterocycles. The molecule has 7 heteroatoms. The molecule has 1 aromatic rings. The number of hydrogen-bond donors (Lipinski definition) is 0. The van der Waals surface area contributed by atoms with Gasteiger partial charge >= 0.3 is 12.1 Å². The van der Waals surface area contributed by atoms with E-state index >= 15 is 0 Å². The Morgan fingerprint density at radius 3 is 2.68 bits per heavy atom. The summed E-state index contributed by atoms with van der Waals surface area (Å²) in [6.07, 6.45) is 1.89. The molecular formula is C15H23N3O4. The van der Waals surface area contributed by atoms with Gasteiger partial charge in [0.05, 0.1) is 25.0 Å². The molecule has 0 bridgehead atoms. The zero-order chi connectivity index (χ0) is 16.3. The molecule has 0 saturated heterocycles. The Bertz CT molecular complexity index is 560. The number of carbonyl (C=O) groups is 2. The van der Waals surface area contributed by atoms with Crippen LogP contribution in [0.1, 0.15) is 50.2 Å². The number of rotatable bonds is 2. The van der Waals surface area contributed by atoms with Crippen LogP contribution in [0, 0.1) is 0 Å². The fraction of sp³-hybridized carbons (Fsp3) is 0.667. The van der Waals surface area contributed by atoms with Crippen LogP contribution < -0.4 is 0 Å². The van der Waals surface area contributed by atoms with Crippen molar-refractivity contribution in [3.63, 3.8) is 0 Å². The van der Waals surface area contributed by atoms with E-state index in [9.17, 15) is 9.59 Å². The molecule has 0 N–H and O–H groups in total. The van der Waals surface area contributed by atoms with Crippen LogP contribution in [0.5, 0.6) is 0 Å². The molecule has 1 amide bonds. The minimum absolute atomic E-state index is 0.295. The highest BCUT2D eigenvalue weighted by atomic mass is 16.6. The van der Waals surface area contributed by atoms with E-state index in [0.717, 1.165) is 6.42 Å². The number of amides is 1. The van der Waals surface area contributed by atoms with Crippen LogP contribution in [-0.2, 0) is 22.6 Å². The number of nitrogens with zero attached hydrogens (tertiary/aromatic N) is 3. The summed E-state index contributed by atoms with van der Waals surface area (Å²) in [5.41, 5.74) is 0.562. The van der Waals surface area contributed by atoms with Crippen molar-refractivity contribution in [2.45, 2.75) is 52.8 Å². The van der Waals surface area contributed by atoms with Crippen LogP contribution in [0.3, 0.4) is 0 Å². The van der Waals surface area contributed by atoms with Crippen molar-refractivity contribution < 1.29 is 19.1 Å². The van der Waals surface area contributed by atoms with Gasteiger partial charge in [-0.05, 0) is 34.1 Å². The second-order valence-electron chi connectivity index (χ2n) is 6.20. The predicted molar refractivity (Wildman–Crippen MR) is 79.4 cm³/mol. The van der Waals surface area contributed by atoms with E-state index in [1.54, 1.807) is 16.5 Å². The molecular weight excluding hydrogens is 286 g/mol. The van der Waals surface area contributed by atoms with Gasteiger partial charge in [-0.15, -0.1) is 0 Å². The van der Waals surface area contributed by atoms with Gasteiger partial charge < -0.3 is 14.4 Å². The zero-order valence-corrected chi connectivity index (χ0v) is 13.6. The highest BCUT2D eigenvalue weighted by molar-refractivity contribution is 5.90. The molecule has 0 spiro atoms. The van der Waals surface area contributed by atoms with Crippen LogP contribution >= 0.6 is 0 Å². The number of fused-ring (bicyclic) bond motifs is 1. The summed E-state index contributed by atoms with van der Waals surface area (Å²) in [4.78, 5) is 25.9. The van der Waals surface area contributed by atoms with E-state index in [-0.39, 0.29) is 6.09 Å². The molecule has 0 unspecified atom stereocenters. The Morgan fingerprint density at radius 2 is 2.05 bits per heavy atom. The van der Waals surface area contributed by atoms with Gasteiger partial charge in [-0.25, -0.2) is 9.59 Å². The number of carbonyl (C=O) groups excluding carboxylic acids is 2. The second kappa shape index (κ2) is 6.37. The standard InChI is InChI=1S/C15H23N3O4/c1-5-21-13(19)11-9-16-18-8-6-7-17(10-12(11)18)14(20)22-15(2,3)4/h9H,5-8,10H2,1-4H3. The number of ether oxygens (including phenoxy) is 2. The summed E-state index contributed by atoms with van der Waals surface area (Å²) in [5, 5.41) is 4.23. The first-order chi connectivity index (χ1) is 10.3.